The summed E-state index contributed by atoms with van der Waals surface area (Å²) in [5.74, 6) is 0.211. The number of carbonyl (C=O) groups is 1. The molecule has 1 aliphatic heterocycles. The summed E-state index contributed by atoms with van der Waals surface area (Å²) in [5.41, 5.74) is 1.34. The fourth-order valence-corrected chi connectivity index (χ4v) is 3.62. The molecule has 0 N–H and O–H groups in total. The first kappa shape index (κ1) is 24.4. The van der Waals surface area contributed by atoms with Gasteiger partial charge >= 0.3 is 5.97 Å². The Morgan fingerprint density at radius 1 is 1.13 bits per heavy atom. The Hall–Kier alpha value is -1.85. The van der Waals surface area contributed by atoms with Crippen LogP contribution in [0.3, 0.4) is 0 Å². The van der Waals surface area contributed by atoms with Crippen LogP contribution in [0.25, 0.3) is 6.08 Å². The lowest BCUT2D eigenvalue weighted by Gasteiger charge is -2.22. The molecule has 0 radical (unpaired) electrons. The van der Waals surface area contributed by atoms with Gasteiger partial charge in [0.25, 0.3) is 0 Å². The summed E-state index contributed by atoms with van der Waals surface area (Å²) >= 11 is 0. The molecule has 2 rings (SSSR count). The van der Waals surface area contributed by atoms with E-state index in [0.717, 1.165) is 44.5 Å². The molecule has 0 aliphatic carbocycles. The molecule has 1 aliphatic rings. The summed E-state index contributed by atoms with van der Waals surface area (Å²) in [5, 5.41) is 0. The summed E-state index contributed by atoms with van der Waals surface area (Å²) in [6.07, 6.45) is 15.8. The predicted molar refractivity (Wildman–Crippen MR) is 120 cm³/mol. The lowest BCUT2D eigenvalue weighted by Crippen LogP contribution is -2.22. The van der Waals surface area contributed by atoms with Crippen molar-refractivity contribution < 1.29 is 23.7 Å². The topological polar surface area (TPSA) is 54.0 Å². The van der Waals surface area contributed by atoms with Gasteiger partial charge in [-0.15, -0.1) is 0 Å². The van der Waals surface area contributed by atoms with Crippen molar-refractivity contribution in [2.24, 2.45) is 0 Å². The van der Waals surface area contributed by atoms with Crippen LogP contribution >= 0.6 is 0 Å². The zero-order valence-corrected chi connectivity index (χ0v) is 18.7. The van der Waals surface area contributed by atoms with Crippen molar-refractivity contribution in [1.29, 1.82) is 0 Å². The van der Waals surface area contributed by atoms with Crippen LogP contribution in [0.1, 0.15) is 87.1 Å². The van der Waals surface area contributed by atoms with Gasteiger partial charge in [0.15, 0.2) is 6.29 Å². The van der Waals surface area contributed by atoms with Gasteiger partial charge in [-0.05, 0) is 57.1 Å². The molecule has 0 amide bonds. The monoisotopic (exact) mass is 418 g/mol. The molecule has 0 saturated carbocycles. The van der Waals surface area contributed by atoms with E-state index in [4.69, 9.17) is 18.9 Å². The lowest BCUT2D eigenvalue weighted by molar-refractivity contribution is -0.162. The minimum absolute atomic E-state index is 0.0412. The molecule has 1 aromatic carbocycles. The van der Waals surface area contributed by atoms with Crippen molar-refractivity contribution >= 4 is 12.0 Å². The van der Waals surface area contributed by atoms with Gasteiger partial charge in [0.2, 0.25) is 0 Å². The highest BCUT2D eigenvalue weighted by Crippen LogP contribution is 2.25. The number of methoxy groups -OCH3 is 1. The molecule has 0 spiro atoms. The predicted octanol–water partition coefficient (Wildman–Crippen LogP) is 6.16. The van der Waals surface area contributed by atoms with Crippen LogP contribution in [0.4, 0.5) is 0 Å². The largest absolute Gasteiger partial charge is 0.496 e. The number of hydrogen-bond donors (Lipinski definition) is 0. The van der Waals surface area contributed by atoms with Crippen molar-refractivity contribution in [2.75, 3.05) is 26.9 Å². The Morgan fingerprint density at radius 3 is 2.67 bits per heavy atom. The van der Waals surface area contributed by atoms with Gasteiger partial charge in [-0.2, -0.15) is 0 Å². The van der Waals surface area contributed by atoms with Gasteiger partial charge in [0.05, 0.1) is 13.7 Å². The van der Waals surface area contributed by atoms with E-state index in [1.54, 1.807) is 20.1 Å². The SMILES string of the molecule is CCOC(=O)c1c(/C=C/CCCCCCCCOC2CCCCO2)cccc1OC. The molecule has 0 aromatic heterocycles. The summed E-state index contributed by atoms with van der Waals surface area (Å²) < 4.78 is 21.9. The van der Waals surface area contributed by atoms with Crippen LogP contribution in [-0.4, -0.2) is 39.2 Å². The lowest BCUT2D eigenvalue weighted by atomic mass is 10.0. The second-order valence-electron chi connectivity index (χ2n) is 7.62. The fraction of sp³-hybridized carbons (Fsp3) is 0.640. The Labute approximate surface area is 181 Å². The van der Waals surface area contributed by atoms with Crippen LogP contribution in [-0.2, 0) is 14.2 Å². The van der Waals surface area contributed by atoms with E-state index in [-0.39, 0.29) is 12.3 Å². The van der Waals surface area contributed by atoms with Crippen molar-refractivity contribution in [3.8, 4) is 5.75 Å². The number of hydrogen-bond acceptors (Lipinski definition) is 5. The minimum atomic E-state index is -0.339. The van der Waals surface area contributed by atoms with E-state index in [9.17, 15) is 4.79 Å². The number of benzene rings is 1. The van der Waals surface area contributed by atoms with Crippen molar-refractivity contribution in [3.05, 3.63) is 35.4 Å². The number of ether oxygens (including phenoxy) is 4. The number of carbonyl (C=O) groups excluding carboxylic acids is 1. The Morgan fingerprint density at radius 2 is 1.93 bits per heavy atom. The normalized spacial score (nSPS) is 16.7. The van der Waals surface area contributed by atoms with Crippen molar-refractivity contribution in [2.45, 2.75) is 77.4 Å². The van der Waals surface area contributed by atoms with Crippen molar-refractivity contribution in [3.63, 3.8) is 0 Å². The molecule has 1 atom stereocenters. The Kier molecular flexibility index (Phi) is 12.2. The van der Waals surface area contributed by atoms with Crippen LogP contribution in [0.15, 0.2) is 24.3 Å². The van der Waals surface area contributed by atoms with Gasteiger partial charge in [-0.1, -0.05) is 50.0 Å². The van der Waals surface area contributed by atoms with E-state index in [1.807, 2.05) is 18.2 Å². The third kappa shape index (κ3) is 8.88. The molecule has 1 heterocycles. The van der Waals surface area contributed by atoms with E-state index in [2.05, 4.69) is 6.08 Å². The van der Waals surface area contributed by atoms with E-state index in [1.165, 1.54) is 38.5 Å². The fourth-order valence-electron chi connectivity index (χ4n) is 3.62. The Bertz CT molecular complexity index is 634. The van der Waals surface area contributed by atoms with E-state index >= 15 is 0 Å². The number of esters is 1. The molecule has 1 unspecified atom stereocenters. The van der Waals surface area contributed by atoms with Crippen LogP contribution in [0.5, 0.6) is 5.75 Å². The van der Waals surface area contributed by atoms with Gasteiger partial charge in [-0.3, -0.25) is 0 Å². The van der Waals surface area contributed by atoms with E-state index < -0.39 is 0 Å². The second kappa shape index (κ2) is 15.0. The maximum absolute atomic E-state index is 12.3. The highest BCUT2D eigenvalue weighted by atomic mass is 16.7. The minimum Gasteiger partial charge on any atom is -0.496 e. The molecule has 5 nitrogen and oxygen atoms in total. The highest BCUT2D eigenvalue weighted by molar-refractivity contribution is 5.96. The molecule has 0 bridgehead atoms. The van der Waals surface area contributed by atoms with Gasteiger partial charge in [0, 0.05) is 13.2 Å². The number of allylic oxidation sites excluding steroid dienone is 1. The van der Waals surface area contributed by atoms with Gasteiger partial charge in [0.1, 0.15) is 11.3 Å². The van der Waals surface area contributed by atoms with Crippen LogP contribution < -0.4 is 4.74 Å². The molecular weight excluding hydrogens is 380 g/mol. The highest BCUT2D eigenvalue weighted by Gasteiger charge is 2.16. The first-order valence-electron chi connectivity index (χ1n) is 11.5. The quantitative estimate of drug-likeness (QED) is 0.267. The maximum atomic E-state index is 12.3. The number of unbranched alkanes of at least 4 members (excludes halogenated alkanes) is 6. The zero-order valence-electron chi connectivity index (χ0n) is 18.7. The standard InChI is InChI=1S/C25H38O5/c1-3-28-25(26)24-21(16-14-17-22(24)27-2)15-10-8-6-4-5-7-9-12-19-29-23-18-11-13-20-30-23/h10,14-17,23H,3-9,11-13,18-20H2,1-2H3/b15-10+. The third-order valence-electron chi connectivity index (χ3n) is 5.26. The molecule has 30 heavy (non-hydrogen) atoms. The number of rotatable bonds is 14. The van der Waals surface area contributed by atoms with Crippen LogP contribution in [0, 0.1) is 0 Å². The summed E-state index contributed by atoms with van der Waals surface area (Å²) in [4.78, 5) is 12.3. The smallest absolute Gasteiger partial charge is 0.342 e. The molecule has 1 aromatic rings. The summed E-state index contributed by atoms with van der Waals surface area (Å²) in [7, 11) is 1.57. The first-order valence-corrected chi connectivity index (χ1v) is 11.5. The zero-order chi connectivity index (χ0) is 21.4. The summed E-state index contributed by atoms with van der Waals surface area (Å²) in [6, 6.07) is 5.61. The van der Waals surface area contributed by atoms with Gasteiger partial charge < -0.3 is 18.9 Å². The second-order valence-corrected chi connectivity index (χ2v) is 7.62. The van der Waals surface area contributed by atoms with Gasteiger partial charge in [-0.25, -0.2) is 4.79 Å². The van der Waals surface area contributed by atoms with Crippen LogP contribution in [0.2, 0.25) is 0 Å². The van der Waals surface area contributed by atoms with E-state index in [0.29, 0.717) is 17.9 Å². The molecular formula is C25H38O5. The Balaban J connectivity index is 1.58. The first-order chi connectivity index (χ1) is 14.8. The molecule has 1 fully saturated rings. The molecule has 168 valence electrons. The molecule has 5 heteroatoms. The average molecular weight is 419 g/mol. The van der Waals surface area contributed by atoms with Crippen molar-refractivity contribution in [1.82, 2.24) is 0 Å². The average Bonchev–Trinajstić information content (AvgIpc) is 2.78. The third-order valence-corrected chi connectivity index (χ3v) is 5.26. The maximum Gasteiger partial charge on any atom is 0.342 e. The molecule has 1 saturated heterocycles. The summed E-state index contributed by atoms with van der Waals surface area (Å²) in [6.45, 7) is 3.82.